The summed E-state index contributed by atoms with van der Waals surface area (Å²) in [6.07, 6.45) is 1.77. The molecule has 0 amide bonds. The van der Waals surface area contributed by atoms with Gasteiger partial charge in [-0.3, -0.25) is 9.98 Å². The first-order valence-corrected chi connectivity index (χ1v) is 9.87. The molecule has 1 heterocycles. The van der Waals surface area contributed by atoms with E-state index in [0.29, 0.717) is 19.7 Å². The second kappa shape index (κ2) is 10.9. The SMILES string of the molecule is CN=C(NCc1cccc(OCc2ccccn2)c1)NCc1ccc(C)cc1OC. The normalized spacial score (nSPS) is 11.1. The summed E-state index contributed by atoms with van der Waals surface area (Å²) in [5, 5.41) is 6.67. The number of guanidine groups is 1. The van der Waals surface area contributed by atoms with E-state index in [0.717, 1.165) is 34.3 Å². The molecule has 6 heteroatoms. The summed E-state index contributed by atoms with van der Waals surface area (Å²) in [6, 6.07) is 20.0. The summed E-state index contributed by atoms with van der Waals surface area (Å²) in [5.74, 6) is 2.40. The van der Waals surface area contributed by atoms with E-state index in [1.807, 2.05) is 42.5 Å². The minimum atomic E-state index is 0.444. The van der Waals surface area contributed by atoms with Crippen molar-refractivity contribution in [3.05, 3.63) is 89.2 Å². The Morgan fingerprint density at radius 1 is 1.00 bits per heavy atom. The lowest BCUT2D eigenvalue weighted by Crippen LogP contribution is -2.36. The maximum Gasteiger partial charge on any atom is 0.191 e. The third kappa shape index (κ3) is 6.24. The van der Waals surface area contributed by atoms with Gasteiger partial charge >= 0.3 is 0 Å². The van der Waals surface area contributed by atoms with E-state index < -0.39 is 0 Å². The molecule has 0 aliphatic carbocycles. The first-order chi connectivity index (χ1) is 14.7. The van der Waals surface area contributed by atoms with Crippen LogP contribution < -0.4 is 20.1 Å². The zero-order chi connectivity index (χ0) is 21.2. The third-order valence-corrected chi connectivity index (χ3v) is 4.58. The second-order valence-corrected chi connectivity index (χ2v) is 6.85. The molecule has 6 nitrogen and oxygen atoms in total. The molecule has 0 fully saturated rings. The van der Waals surface area contributed by atoms with Crippen molar-refractivity contribution in [2.75, 3.05) is 14.2 Å². The largest absolute Gasteiger partial charge is 0.496 e. The number of ether oxygens (including phenoxy) is 2. The molecular weight excluding hydrogens is 376 g/mol. The summed E-state index contributed by atoms with van der Waals surface area (Å²) < 4.78 is 11.3. The number of aromatic nitrogens is 1. The highest BCUT2D eigenvalue weighted by molar-refractivity contribution is 5.79. The average Bonchev–Trinajstić information content (AvgIpc) is 2.79. The standard InChI is InChI=1S/C24H28N4O2/c1-18-10-11-20(23(13-18)29-3)16-28-24(25-2)27-15-19-7-6-9-22(14-19)30-17-21-8-4-5-12-26-21/h4-14H,15-17H2,1-3H3,(H2,25,27,28). The van der Waals surface area contributed by atoms with E-state index in [9.17, 15) is 0 Å². The summed E-state index contributed by atoms with van der Waals surface area (Å²) in [4.78, 5) is 8.58. The first-order valence-electron chi connectivity index (χ1n) is 9.87. The van der Waals surface area contributed by atoms with Crippen molar-refractivity contribution in [2.45, 2.75) is 26.6 Å². The number of nitrogens with zero attached hydrogens (tertiary/aromatic N) is 2. The van der Waals surface area contributed by atoms with Gasteiger partial charge in [0, 0.05) is 31.9 Å². The van der Waals surface area contributed by atoms with Gasteiger partial charge < -0.3 is 20.1 Å². The van der Waals surface area contributed by atoms with E-state index in [2.05, 4.69) is 45.7 Å². The zero-order valence-electron chi connectivity index (χ0n) is 17.7. The summed E-state index contributed by atoms with van der Waals surface area (Å²) in [7, 11) is 3.45. The van der Waals surface area contributed by atoms with Crippen molar-refractivity contribution in [1.29, 1.82) is 0 Å². The molecule has 0 saturated heterocycles. The molecule has 156 valence electrons. The van der Waals surface area contributed by atoms with Crippen molar-refractivity contribution in [3.8, 4) is 11.5 Å². The van der Waals surface area contributed by atoms with Crippen molar-refractivity contribution < 1.29 is 9.47 Å². The Kier molecular flexibility index (Phi) is 7.66. The Hall–Kier alpha value is -3.54. The highest BCUT2D eigenvalue weighted by Crippen LogP contribution is 2.19. The van der Waals surface area contributed by atoms with Gasteiger partial charge in [-0.05, 0) is 48.4 Å². The molecular formula is C24H28N4O2. The summed E-state index contributed by atoms with van der Waals surface area (Å²) in [6.45, 7) is 3.75. The minimum Gasteiger partial charge on any atom is -0.496 e. The van der Waals surface area contributed by atoms with E-state index in [-0.39, 0.29) is 0 Å². The van der Waals surface area contributed by atoms with Gasteiger partial charge in [-0.1, -0.05) is 30.3 Å². The van der Waals surface area contributed by atoms with Crippen LogP contribution in [0.5, 0.6) is 11.5 Å². The van der Waals surface area contributed by atoms with Crippen molar-refractivity contribution >= 4 is 5.96 Å². The van der Waals surface area contributed by atoms with Crippen LogP contribution in [0.1, 0.15) is 22.4 Å². The molecule has 2 N–H and O–H groups in total. The number of aliphatic imine (C=N–C) groups is 1. The Bertz CT molecular complexity index is 974. The number of benzene rings is 2. The smallest absolute Gasteiger partial charge is 0.191 e. The third-order valence-electron chi connectivity index (χ3n) is 4.58. The zero-order valence-corrected chi connectivity index (χ0v) is 17.7. The number of methoxy groups -OCH3 is 1. The molecule has 3 aromatic rings. The van der Waals surface area contributed by atoms with Crippen molar-refractivity contribution in [3.63, 3.8) is 0 Å². The van der Waals surface area contributed by atoms with Crippen LogP contribution in [-0.2, 0) is 19.7 Å². The van der Waals surface area contributed by atoms with Gasteiger partial charge in [0.05, 0.1) is 12.8 Å². The van der Waals surface area contributed by atoms with Crippen LogP contribution in [0, 0.1) is 6.92 Å². The Balaban J connectivity index is 1.52. The fraction of sp³-hybridized carbons (Fsp3) is 0.250. The van der Waals surface area contributed by atoms with E-state index >= 15 is 0 Å². The molecule has 3 rings (SSSR count). The molecule has 0 saturated carbocycles. The highest BCUT2D eigenvalue weighted by Gasteiger charge is 2.05. The van der Waals surface area contributed by atoms with Gasteiger partial charge in [0.15, 0.2) is 5.96 Å². The van der Waals surface area contributed by atoms with Crippen LogP contribution >= 0.6 is 0 Å². The number of pyridine rings is 1. The fourth-order valence-electron chi connectivity index (χ4n) is 2.97. The molecule has 0 aliphatic heterocycles. The summed E-state index contributed by atoms with van der Waals surface area (Å²) >= 11 is 0. The number of nitrogens with one attached hydrogen (secondary N) is 2. The monoisotopic (exact) mass is 404 g/mol. The predicted molar refractivity (Wildman–Crippen MR) is 120 cm³/mol. The lowest BCUT2D eigenvalue weighted by molar-refractivity contribution is 0.301. The molecule has 0 aliphatic rings. The Morgan fingerprint density at radius 2 is 1.87 bits per heavy atom. The van der Waals surface area contributed by atoms with Gasteiger partial charge in [0.2, 0.25) is 0 Å². The minimum absolute atomic E-state index is 0.444. The average molecular weight is 405 g/mol. The van der Waals surface area contributed by atoms with Crippen molar-refractivity contribution in [2.24, 2.45) is 4.99 Å². The lowest BCUT2D eigenvalue weighted by atomic mass is 10.1. The molecule has 1 aromatic heterocycles. The molecule has 0 radical (unpaired) electrons. The van der Waals surface area contributed by atoms with Gasteiger partial charge in [-0.2, -0.15) is 0 Å². The quantitative estimate of drug-likeness (QED) is 0.441. The summed E-state index contributed by atoms with van der Waals surface area (Å²) in [5.41, 5.74) is 4.25. The predicted octanol–water partition coefficient (Wildman–Crippen LogP) is 3.84. The van der Waals surface area contributed by atoms with Crippen LogP contribution in [0.3, 0.4) is 0 Å². The number of aryl methyl sites for hydroxylation is 1. The second-order valence-electron chi connectivity index (χ2n) is 6.85. The topological polar surface area (TPSA) is 67.8 Å². The maximum atomic E-state index is 5.86. The molecule has 0 bridgehead atoms. The van der Waals surface area contributed by atoms with Gasteiger partial charge in [0.25, 0.3) is 0 Å². The van der Waals surface area contributed by atoms with Gasteiger partial charge in [0.1, 0.15) is 18.1 Å². The van der Waals surface area contributed by atoms with E-state index in [1.54, 1.807) is 20.4 Å². The molecule has 30 heavy (non-hydrogen) atoms. The lowest BCUT2D eigenvalue weighted by Gasteiger charge is -2.14. The Morgan fingerprint density at radius 3 is 2.63 bits per heavy atom. The van der Waals surface area contributed by atoms with Crippen LogP contribution in [0.4, 0.5) is 0 Å². The van der Waals surface area contributed by atoms with E-state index in [4.69, 9.17) is 9.47 Å². The molecule has 0 unspecified atom stereocenters. The van der Waals surface area contributed by atoms with Crippen LogP contribution in [-0.4, -0.2) is 25.1 Å². The fourth-order valence-corrected chi connectivity index (χ4v) is 2.97. The molecule has 0 spiro atoms. The van der Waals surface area contributed by atoms with Gasteiger partial charge in [-0.25, -0.2) is 0 Å². The van der Waals surface area contributed by atoms with Crippen LogP contribution in [0.15, 0.2) is 71.9 Å². The molecule has 0 atom stereocenters. The number of hydrogen-bond donors (Lipinski definition) is 2. The molecule has 2 aromatic carbocycles. The number of rotatable bonds is 8. The van der Waals surface area contributed by atoms with Crippen LogP contribution in [0.25, 0.3) is 0 Å². The van der Waals surface area contributed by atoms with Crippen LogP contribution in [0.2, 0.25) is 0 Å². The van der Waals surface area contributed by atoms with Crippen molar-refractivity contribution in [1.82, 2.24) is 15.6 Å². The Labute approximate surface area is 178 Å². The maximum absolute atomic E-state index is 5.86. The highest BCUT2D eigenvalue weighted by atomic mass is 16.5. The first kappa shape index (κ1) is 21.2. The van der Waals surface area contributed by atoms with Gasteiger partial charge in [-0.15, -0.1) is 0 Å². The number of hydrogen-bond acceptors (Lipinski definition) is 4. The van der Waals surface area contributed by atoms with E-state index in [1.165, 1.54) is 5.56 Å².